The lowest BCUT2D eigenvalue weighted by Gasteiger charge is -2.18. The zero-order valence-corrected chi connectivity index (χ0v) is 12.8. The van der Waals surface area contributed by atoms with Crippen molar-refractivity contribution in [3.05, 3.63) is 70.8 Å². The quantitative estimate of drug-likeness (QED) is 0.803. The fourth-order valence-corrected chi connectivity index (χ4v) is 2.54. The van der Waals surface area contributed by atoms with Crippen LogP contribution < -0.4 is 5.32 Å². The molecule has 0 bridgehead atoms. The molecule has 1 atom stereocenters. The maximum absolute atomic E-state index is 3.42. The van der Waals surface area contributed by atoms with Gasteiger partial charge in [0.1, 0.15) is 0 Å². The zero-order chi connectivity index (χ0) is 14.4. The van der Waals surface area contributed by atoms with Crippen LogP contribution in [0.5, 0.6) is 0 Å². The number of unbranched alkanes of at least 4 members (excludes halogenated alkanes) is 1. The summed E-state index contributed by atoms with van der Waals surface area (Å²) in [6, 6.07) is 18.1. The van der Waals surface area contributed by atoms with Crippen LogP contribution in [-0.2, 0) is 6.42 Å². The predicted molar refractivity (Wildman–Crippen MR) is 87.1 cm³/mol. The van der Waals surface area contributed by atoms with E-state index in [2.05, 4.69) is 67.7 Å². The summed E-state index contributed by atoms with van der Waals surface area (Å²) in [5, 5.41) is 3.42. The van der Waals surface area contributed by atoms with Crippen molar-refractivity contribution in [2.75, 3.05) is 7.05 Å². The highest BCUT2D eigenvalue weighted by Crippen LogP contribution is 2.22. The lowest BCUT2D eigenvalue weighted by atomic mass is 9.96. The minimum atomic E-state index is 0.274. The number of hydrogen-bond acceptors (Lipinski definition) is 1. The Morgan fingerprint density at radius 2 is 1.45 bits per heavy atom. The SMILES string of the molecule is CCCCc1ccc(C(NC)c2ccc(C)cc2)cc1. The number of nitrogens with one attached hydrogen (secondary N) is 1. The molecule has 0 amide bonds. The third-order valence-electron chi connectivity index (χ3n) is 3.83. The molecule has 0 fully saturated rings. The number of rotatable bonds is 6. The van der Waals surface area contributed by atoms with Crippen molar-refractivity contribution in [3.8, 4) is 0 Å². The molecule has 0 aliphatic carbocycles. The molecule has 0 saturated heterocycles. The first kappa shape index (κ1) is 14.8. The molecule has 0 spiro atoms. The monoisotopic (exact) mass is 267 g/mol. The second kappa shape index (κ2) is 7.25. The third kappa shape index (κ3) is 3.71. The highest BCUT2D eigenvalue weighted by Gasteiger charge is 2.11. The molecule has 1 unspecified atom stereocenters. The largest absolute Gasteiger partial charge is 0.309 e. The van der Waals surface area contributed by atoms with Gasteiger partial charge >= 0.3 is 0 Å². The number of aryl methyl sites for hydroxylation is 2. The van der Waals surface area contributed by atoms with Crippen molar-refractivity contribution in [2.45, 2.75) is 39.2 Å². The molecule has 1 N–H and O–H groups in total. The van der Waals surface area contributed by atoms with Gasteiger partial charge in [-0.2, -0.15) is 0 Å². The van der Waals surface area contributed by atoms with Gasteiger partial charge in [0.25, 0.3) is 0 Å². The van der Waals surface area contributed by atoms with Gasteiger partial charge < -0.3 is 5.32 Å². The van der Waals surface area contributed by atoms with E-state index in [4.69, 9.17) is 0 Å². The Labute approximate surface area is 123 Å². The van der Waals surface area contributed by atoms with E-state index in [1.807, 2.05) is 7.05 Å². The molecule has 20 heavy (non-hydrogen) atoms. The van der Waals surface area contributed by atoms with Crippen molar-refractivity contribution >= 4 is 0 Å². The van der Waals surface area contributed by atoms with Crippen LogP contribution in [0.25, 0.3) is 0 Å². The first-order valence-electron chi connectivity index (χ1n) is 7.57. The highest BCUT2D eigenvalue weighted by molar-refractivity contribution is 5.34. The van der Waals surface area contributed by atoms with E-state index in [1.54, 1.807) is 0 Å². The molecule has 1 nitrogen and oxygen atoms in total. The molecule has 0 aliphatic rings. The zero-order valence-electron chi connectivity index (χ0n) is 12.8. The first-order chi connectivity index (χ1) is 9.74. The number of hydrogen-bond donors (Lipinski definition) is 1. The van der Waals surface area contributed by atoms with E-state index in [-0.39, 0.29) is 6.04 Å². The Morgan fingerprint density at radius 3 is 1.95 bits per heavy atom. The lowest BCUT2D eigenvalue weighted by molar-refractivity contribution is 0.691. The minimum absolute atomic E-state index is 0.274. The smallest absolute Gasteiger partial charge is 0.0574 e. The molecule has 106 valence electrons. The summed E-state index contributed by atoms with van der Waals surface area (Å²) in [6.07, 6.45) is 3.71. The maximum Gasteiger partial charge on any atom is 0.0574 e. The Balaban J connectivity index is 2.17. The van der Waals surface area contributed by atoms with Gasteiger partial charge in [0.2, 0.25) is 0 Å². The molecular weight excluding hydrogens is 242 g/mol. The van der Waals surface area contributed by atoms with Crippen LogP contribution in [0.1, 0.15) is 48.1 Å². The van der Waals surface area contributed by atoms with Crippen molar-refractivity contribution in [3.63, 3.8) is 0 Å². The van der Waals surface area contributed by atoms with Crippen molar-refractivity contribution in [1.82, 2.24) is 5.32 Å². The molecule has 0 saturated carbocycles. The van der Waals surface area contributed by atoms with Crippen molar-refractivity contribution in [1.29, 1.82) is 0 Å². The summed E-state index contributed by atoms with van der Waals surface area (Å²) in [4.78, 5) is 0. The van der Waals surface area contributed by atoms with E-state index in [0.29, 0.717) is 0 Å². The maximum atomic E-state index is 3.42. The van der Waals surface area contributed by atoms with Gasteiger partial charge in [0.05, 0.1) is 6.04 Å². The summed E-state index contributed by atoms with van der Waals surface area (Å²) in [6.45, 7) is 4.36. The van der Waals surface area contributed by atoms with Crippen LogP contribution in [-0.4, -0.2) is 7.05 Å². The molecule has 0 heterocycles. The Bertz CT molecular complexity index is 510. The molecule has 1 heteroatoms. The summed E-state index contributed by atoms with van der Waals surface area (Å²) in [5.74, 6) is 0. The Morgan fingerprint density at radius 1 is 0.900 bits per heavy atom. The van der Waals surface area contributed by atoms with Gasteiger partial charge in [-0.3, -0.25) is 0 Å². The lowest BCUT2D eigenvalue weighted by Crippen LogP contribution is -2.17. The second-order valence-electron chi connectivity index (χ2n) is 5.48. The fourth-order valence-electron chi connectivity index (χ4n) is 2.54. The summed E-state index contributed by atoms with van der Waals surface area (Å²) in [5.41, 5.74) is 5.39. The Kier molecular flexibility index (Phi) is 5.37. The van der Waals surface area contributed by atoms with Crippen molar-refractivity contribution in [2.24, 2.45) is 0 Å². The van der Waals surface area contributed by atoms with Crippen LogP contribution in [0.2, 0.25) is 0 Å². The molecule has 0 aliphatic heterocycles. The molecule has 0 aromatic heterocycles. The normalized spacial score (nSPS) is 12.3. The predicted octanol–water partition coefficient (Wildman–Crippen LogP) is 4.65. The molecule has 2 rings (SSSR count). The average molecular weight is 267 g/mol. The van der Waals surface area contributed by atoms with Gasteiger partial charge in [-0.25, -0.2) is 0 Å². The van der Waals surface area contributed by atoms with E-state index >= 15 is 0 Å². The van der Waals surface area contributed by atoms with Crippen LogP contribution in [0.4, 0.5) is 0 Å². The summed E-state index contributed by atoms with van der Waals surface area (Å²) >= 11 is 0. The molecule has 2 aromatic rings. The highest BCUT2D eigenvalue weighted by atomic mass is 14.9. The van der Waals surface area contributed by atoms with E-state index in [1.165, 1.54) is 41.5 Å². The van der Waals surface area contributed by atoms with Gasteiger partial charge in [-0.1, -0.05) is 67.4 Å². The molecule has 0 radical (unpaired) electrons. The van der Waals surface area contributed by atoms with Crippen LogP contribution in [0.15, 0.2) is 48.5 Å². The Hall–Kier alpha value is -1.60. The van der Waals surface area contributed by atoms with Crippen LogP contribution >= 0.6 is 0 Å². The third-order valence-corrected chi connectivity index (χ3v) is 3.83. The van der Waals surface area contributed by atoms with E-state index in [0.717, 1.165) is 0 Å². The van der Waals surface area contributed by atoms with Gasteiger partial charge in [-0.15, -0.1) is 0 Å². The van der Waals surface area contributed by atoms with E-state index < -0.39 is 0 Å². The minimum Gasteiger partial charge on any atom is -0.309 e. The van der Waals surface area contributed by atoms with Crippen molar-refractivity contribution < 1.29 is 0 Å². The molecular formula is C19H25N. The summed E-state index contributed by atoms with van der Waals surface area (Å²) < 4.78 is 0. The second-order valence-corrected chi connectivity index (χ2v) is 5.48. The van der Waals surface area contributed by atoms with Gasteiger partial charge in [0, 0.05) is 0 Å². The van der Waals surface area contributed by atoms with Crippen LogP contribution in [0, 0.1) is 6.92 Å². The van der Waals surface area contributed by atoms with E-state index in [9.17, 15) is 0 Å². The standard InChI is InChI=1S/C19H25N/c1-4-5-6-16-9-13-18(14-10-16)19(20-3)17-11-7-15(2)8-12-17/h7-14,19-20H,4-6H2,1-3H3. The van der Waals surface area contributed by atoms with Gasteiger partial charge in [-0.05, 0) is 43.5 Å². The number of benzene rings is 2. The summed E-state index contributed by atoms with van der Waals surface area (Å²) in [7, 11) is 2.02. The fraction of sp³-hybridized carbons (Fsp3) is 0.368. The van der Waals surface area contributed by atoms with Crippen LogP contribution in [0.3, 0.4) is 0 Å². The van der Waals surface area contributed by atoms with Gasteiger partial charge in [0.15, 0.2) is 0 Å². The topological polar surface area (TPSA) is 12.0 Å². The first-order valence-corrected chi connectivity index (χ1v) is 7.57. The average Bonchev–Trinajstić information content (AvgIpc) is 2.49. The molecule has 2 aromatic carbocycles.